The number of nitrogens with one attached hydrogen (secondary N) is 1. The second kappa shape index (κ2) is 14.9. The average molecular weight is 504 g/mol. The monoisotopic (exact) mass is 503 g/mol. The fraction of sp³-hybridized carbons (Fsp3) is 0.640. The van der Waals surface area contributed by atoms with Crippen LogP contribution in [0.1, 0.15) is 87.6 Å². The first-order valence-corrected chi connectivity index (χ1v) is 12.6. The van der Waals surface area contributed by atoms with Crippen LogP contribution in [-0.4, -0.2) is 29.5 Å². The normalized spacial score (nSPS) is 13.6. The summed E-state index contributed by atoms with van der Waals surface area (Å²) in [5.74, 6) is 0. The minimum absolute atomic E-state index is 0.0616. The maximum atomic E-state index is 13.0. The summed E-state index contributed by atoms with van der Waals surface area (Å²) in [5.41, 5.74) is 1.56. The Kier molecular flexibility index (Phi) is 12.7. The number of unbranched alkanes of at least 4 members (excludes halogenated alkanes) is 7. The quantitative estimate of drug-likeness (QED) is 0.238. The lowest BCUT2D eigenvalue weighted by Crippen LogP contribution is -2.34. The third kappa shape index (κ3) is 9.51. The fourth-order valence-electron chi connectivity index (χ4n) is 4.20. The van der Waals surface area contributed by atoms with Gasteiger partial charge in [0.2, 0.25) is 0 Å². The highest BCUT2D eigenvalue weighted by molar-refractivity contribution is 6.35. The van der Waals surface area contributed by atoms with Gasteiger partial charge in [-0.3, -0.25) is 4.68 Å². The summed E-state index contributed by atoms with van der Waals surface area (Å²) in [7, 11) is 3.39. The minimum atomic E-state index is -2.49. The van der Waals surface area contributed by atoms with Gasteiger partial charge < -0.3 is 10.1 Å². The summed E-state index contributed by atoms with van der Waals surface area (Å²) in [5, 5.41) is 8.65. The van der Waals surface area contributed by atoms with Gasteiger partial charge in [-0.25, -0.2) is 8.78 Å². The van der Waals surface area contributed by atoms with Crippen molar-refractivity contribution < 1.29 is 13.5 Å². The van der Waals surface area contributed by atoms with Crippen molar-refractivity contribution in [3.8, 4) is 0 Å². The Morgan fingerprint density at radius 1 is 1.03 bits per heavy atom. The van der Waals surface area contributed by atoms with Gasteiger partial charge in [0.25, 0.3) is 6.43 Å². The van der Waals surface area contributed by atoms with Gasteiger partial charge in [-0.1, -0.05) is 67.8 Å². The SMILES string of the molecule is COC(c1ccc(Cl)cc1Cl)C(C)NCCCCCCCCCCc1cn(C)nc1C(F)F. The molecule has 4 nitrogen and oxygen atoms in total. The van der Waals surface area contributed by atoms with Gasteiger partial charge in [0.05, 0.1) is 6.10 Å². The van der Waals surface area contributed by atoms with Crippen molar-refractivity contribution in [1.82, 2.24) is 15.1 Å². The molecule has 0 spiro atoms. The first-order chi connectivity index (χ1) is 15.8. The molecule has 0 saturated heterocycles. The Hall–Kier alpha value is -1.21. The number of ether oxygens (including phenoxy) is 1. The number of halogens is 4. The lowest BCUT2D eigenvalue weighted by Gasteiger charge is -2.25. The molecular formula is C25H37Cl2F2N3O. The van der Waals surface area contributed by atoms with Crippen molar-refractivity contribution in [2.45, 2.75) is 83.3 Å². The van der Waals surface area contributed by atoms with E-state index in [-0.39, 0.29) is 17.8 Å². The van der Waals surface area contributed by atoms with E-state index in [2.05, 4.69) is 17.3 Å². The zero-order valence-electron chi connectivity index (χ0n) is 19.9. The van der Waals surface area contributed by atoms with Crippen LogP contribution in [0.15, 0.2) is 24.4 Å². The van der Waals surface area contributed by atoms with Gasteiger partial charge in [-0.15, -0.1) is 0 Å². The number of aryl methyl sites for hydroxylation is 2. The van der Waals surface area contributed by atoms with Crippen molar-refractivity contribution in [3.05, 3.63) is 51.3 Å². The lowest BCUT2D eigenvalue weighted by atomic mass is 10.0. The molecule has 1 heterocycles. The largest absolute Gasteiger partial charge is 0.375 e. The fourth-order valence-corrected chi connectivity index (χ4v) is 4.72. The highest BCUT2D eigenvalue weighted by atomic mass is 35.5. The highest BCUT2D eigenvalue weighted by Gasteiger charge is 2.21. The Morgan fingerprint density at radius 2 is 1.67 bits per heavy atom. The maximum Gasteiger partial charge on any atom is 0.282 e. The van der Waals surface area contributed by atoms with Gasteiger partial charge in [0.1, 0.15) is 5.69 Å². The molecule has 1 aromatic heterocycles. The Labute approximate surface area is 207 Å². The number of aromatic nitrogens is 2. The van der Waals surface area contributed by atoms with Crippen LogP contribution in [-0.2, 0) is 18.2 Å². The van der Waals surface area contributed by atoms with Crippen LogP contribution < -0.4 is 5.32 Å². The molecule has 0 aliphatic rings. The van der Waals surface area contributed by atoms with E-state index in [0.29, 0.717) is 22.0 Å². The highest BCUT2D eigenvalue weighted by Crippen LogP contribution is 2.30. The summed E-state index contributed by atoms with van der Waals surface area (Å²) in [6.07, 6.45) is 8.86. The summed E-state index contributed by atoms with van der Waals surface area (Å²) < 4.78 is 33.1. The molecule has 0 fully saturated rings. The van der Waals surface area contributed by atoms with Crippen molar-refractivity contribution >= 4 is 23.2 Å². The first kappa shape index (κ1) is 28.0. The summed E-state index contributed by atoms with van der Waals surface area (Å²) >= 11 is 12.3. The van der Waals surface area contributed by atoms with Crippen LogP contribution in [0.5, 0.6) is 0 Å². The molecule has 186 valence electrons. The van der Waals surface area contributed by atoms with Crippen LogP contribution in [0.4, 0.5) is 8.78 Å². The van der Waals surface area contributed by atoms with Gasteiger partial charge in [0, 0.05) is 42.0 Å². The molecule has 0 radical (unpaired) electrons. The smallest absolute Gasteiger partial charge is 0.282 e. The van der Waals surface area contributed by atoms with E-state index in [4.69, 9.17) is 27.9 Å². The number of nitrogens with zero attached hydrogens (tertiary/aromatic N) is 2. The summed E-state index contributed by atoms with van der Waals surface area (Å²) in [6, 6.07) is 5.64. The number of hydrogen-bond acceptors (Lipinski definition) is 3. The lowest BCUT2D eigenvalue weighted by molar-refractivity contribution is 0.0735. The molecule has 2 rings (SSSR count). The number of benzene rings is 1. The van der Waals surface area contributed by atoms with Gasteiger partial charge in [0.15, 0.2) is 0 Å². The molecule has 0 saturated carbocycles. The van der Waals surface area contributed by atoms with E-state index in [9.17, 15) is 8.78 Å². The molecule has 0 aliphatic heterocycles. The molecule has 33 heavy (non-hydrogen) atoms. The van der Waals surface area contributed by atoms with Crippen LogP contribution in [0.25, 0.3) is 0 Å². The zero-order valence-corrected chi connectivity index (χ0v) is 21.4. The minimum Gasteiger partial charge on any atom is -0.375 e. The average Bonchev–Trinajstić information content (AvgIpc) is 3.14. The van der Waals surface area contributed by atoms with Crippen molar-refractivity contribution in [2.75, 3.05) is 13.7 Å². The zero-order chi connectivity index (χ0) is 24.2. The van der Waals surface area contributed by atoms with E-state index in [1.807, 2.05) is 12.1 Å². The van der Waals surface area contributed by atoms with Crippen molar-refractivity contribution in [2.24, 2.45) is 7.05 Å². The third-order valence-electron chi connectivity index (χ3n) is 5.96. The molecule has 0 amide bonds. The van der Waals surface area contributed by atoms with E-state index in [1.165, 1.54) is 30.4 Å². The second-order valence-corrected chi connectivity index (χ2v) is 9.50. The number of rotatable bonds is 16. The number of methoxy groups -OCH3 is 1. The number of hydrogen-bond donors (Lipinski definition) is 1. The molecule has 1 N–H and O–H groups in total. The van der Waals surface area contributed by atoms with Crippen LogP contribution in [0.2, 0.25) is 10.0 Å². The van der Waals surface area contributed by atoms with E-state index < -0.39 is 6.43 Å². The molecule has 2 aromatic rings. The molecule has 8 heteroatoms. The van der Waals surface area contributed by atoms with Gasteiger partial charge >= 0.3 is 0 Å². The molecule has 0 bridgehead atoms. The number of alkyl halides is 2. The van der Waals surface area contributed by atoms with Gasteiger partial charge in [-0.2, -0.15) is 5.10 Å². The third-order valence-corrected chi connectivity index (χ3v) is 6.52. The van der Waals surface area contributed by atoms with Crippen LogP contribution in [0, 0.1) is 0 Å². The van der Waals surface area contributed by atoms with Crippen LogP contribution >= 0.6 is 23.2 Å². The van der Waals surface area contributed by atoms with Crippen molar-refractivity contribution in [1.29, 1.82) is 0 Å². The molecule has 2 unspecified atom stereocenters. The predicted octanol–water partition coefficient (Wildman–Crippen LogP) is 7.69. The Balaban J connectivity index is 1.52. The summed E-state index contributed by atoms with van der Waals surface area (Å²) in [6.45, 7) is 3.04. The maximum absolute atomic E-state index is 13.0. The topological polar surface area (TPSA) is 39.1 Å². The van der Waals surface area contributed by atoms with E-state index >= 15 is 0 Å². The van der Waals surface area contributed by atoms with Crippen molar-refractivity contribution in [3.63, 3.8) is 0 Å². The summed E-state index contributed by atoms with van der Waals surface area (Å²) in [4.78, 5) is 0. The van der Waals surface area contributed by atoms with Gasteiger partial charge in [-0.05, 0) is 50.4 Å². The molecular weight excluding hydrogens is 467 g/mol. The van der Waals surface area contributed by atoms with E-state index in [1.54, 1.807) is 26.4 Å². The standard InChI is InChI=1S/C25H37Cl2F2N3O/c1-18(24(33-3)21-14-13-20(26)16-22(21)27)30-15-11-9-7-5-4-6-8-10-12-19-17-32(2)31-23(19)25(28)29/h13-14,16-18,24-25,30H,4-12,15H2,1-3H3. The van der Waals surface area contributed by atoms with E-state index in [0.717, 1.165) is 37.8 Å². The molecule has 0 aliphatic carbocycles. The van der Waals surface area contributed by atoms with Crippen LogP contribution in [0.3, 0.4) is 0 Å². The Morgan fingerprint density at radius 3 is 2.27 bits per heavy atom. The first-order valence-electron chi connectivity index (χ1n) is 11.8. The predicted molar refractivity (Wildman–Crippen MR) is 132 cm³/mol. The Bertz CT molecular complexity index is 832. The molecule has 1 aromatic carbocycles. The molecule has 2 atom stereocenters. The second-order valence-electron chi connectivity index (χ2n) is 8.66.